The number of hydrogen-bond donors (Lipinski definition) is 1. The third kappa shape index (κ3) is 4.99. The van der Waals surface area contributed by atoms with Crippen molar-refractivity contribution in [2.75, 3.05) is 0 Å². The van der Waals surface area contributed by atoms with Crippen LogP contribution in [0.4, 0.5) is 11.4 Å². The van der Waals surface area contributed by atoms with Gasteiger partial charge in [0.2, 0.25) is 21.5 Å². The Bertz CT molecular complexity index is 997. The van der Waals surface area contributed by atoms with Crippen LogP contribution >= 0.6 is 0 Å². The van der Waals surface area contributed by atoms with Crippen LogP contribution in [-0.2, 0) is 10.0 Å². The fraction of sp³-hybridized carbons (Fsp3) is 0.250. The summed E-state index contributed by atoms with van der Waals surface area (Å²) in [6, 6.07) is 8.43. The van der Waals surface area contributed by atoms with E-state index in [1.807, 2.05) is 0 Å². The zero-order valence-electron chi connectivity index (χ0n) is 14.7. The molecule has 0 aromatic heterocycles. The van der Waals surface area contributed by atoms with E-state index in [0.717, 1.165) is 18.2 Å². The Labute approximate surface area is 155 Å². The average Bonchev–Trinajstić information content (AvgIpc) is 2.53. The highest BCUT2D eigenvalue weighted by atomic mass is 32.2. The fourth-order valence-electron chi connectivity index (χ4n) is 2.17. The van der Waals surface area contributed by atoms with E-state index >= 15 is 0 Å². The molecule has 144 valence electrons. The van der Waals surface area contributed by atoms with Crippen molar-refractivity contribution in [3.63, 3.8) is 0 Å². The lowest BCUT2D eigenvalue weighted by molar-refractivity contribution is -0.387. The van der Waals surface area contributed by atoms with Crippen molar-refractivity contribution in [1.29, 1.82) is 0 Å². The highest BCUT2D eigenvalue weighted by Crippen LogP contribution is 2.37. The van der Waals surface area contributed by atoms with E-state index in [0.29, 0.717) is 0 Å². The summed E-state index contributed by atoms with van der Waals surface area (Å²) in [5.74, 6) is -0.516. The maximum Gasteiger partial charge on any atom is 0.312 e. The van der Waals surface area contributed by atoms with Crippen LogP contribution in [0.5, 0.6) is 11.5 Å². The van der Waals surface area contributed by atoms with Gasteiger partial charge >= 0.3 is 11.4 Å². The predicted molar refractivity (Wildman–Crippen MR) is 96.3 cm³/mol. The highest BCUT2D eigenvalue weighted by molar-refractivity contribution is 7.89. The van der Waals surface area contributed by atoms with Gasteiger partial charge < -0.3 is 4.74 Å². The molecule has 0 heterocycles. The second-order valence-corrected chi connectivity index (χ2v) is 8.25. The molecule has 1 N–H and O–H groups in total. The first-order chi connectivity index (χ1) is 12.4. The van der Waals surface area contributed by atoms with Crippen LogP contribution in [0.1, 0.15) is 20.8 Å². The first-order valence-corrected chi connectivity index (χ1v) is 9.13. The van der Waals surface area contributed by atoms with Crippen molar-refractivity contribution < 1.29 is 23.0 Å². The Morgan fingerprint density at radius 1 is 0.926 bits per heavy atom. The van der Waals surface area contributed by atoms with Crippen LogP contribution < -0.4 is 9.46 Å². The van der Waals surface area contributed by atoms with Crippen molar-refractivity contribution in [2.45, 2.75) is 31.2 Å². The highest BCUT2D eigenvalue weighted by Gasteiger charge is 2.27. The normalized spacial score (nSPS) is 11.8. The number of nitro groups is 2. The number of nitrogens with zero attached hydrogens (tertiary/aromatic N) is 2. The van der Waals surface area contributed by atoms with E-state index in [2.05, 4.69) is 4.72 Å². The summed E-state index contributed by atoms with van der Waals surface area (Å²) in [6.07, 6.45) is 0. The van der Waals surface area contributed by atoms with Gasteiger partial charge in [-0.3, -0.25) is 20.2 Å². The van der Waals surface area contributed by atoms with Gasteiger partial charge in [0.1, 0.15) is 0 Å². The molecule has 0 fully saturated rings. The Hall–Kier alpha value is -3.05. The average molecular weight is 395 g/mol. The number of nitro benzene ring substituents is 2. The molecule has 2 aromatic carbocycles. The van der Waals surface area contributed by atoms with Crippen LogP contribution in [0.3, 0.4) is 0 Å². The fourth-order valence-corrected chi connectivity index (χ4v) is 3.61. The van der Waals surface area contributed by atoms with Crippen molar-refractivity contribution in [3.8, 4) is 11.5 Å². The number of hydrogen-bond acceptors (Lipinski definition) is 7. The van der Waals surface area contributed by atoms with E-state index in [1.54, 1.807) is 20.8 Å². The molecule has 0 amide bonds. The van der Waals surface area contributed by atoms with E-state index in [4.69, 9.17) is 4.74 Å². The smallest absolute Gasteiger partial charge is 0.312 e. The van der Waals surface area contributed by atoms with Crippen LogP contribution in [0.15, 0.2) is 47.4 Å². The van der Waals surface area contributed by atoms with Crippen LogP contribution in [0.25, 0.3) is 0 Å². The van der Waals surface area contributed by atoms with Crippen molar-refractivity contribution in [2.24, 2.45) is 0 Å². The Balaban J connectivity index is 2.49. The van der Waals surface area contributed by atoms with Crippen molar-refractivity contribution in [3.05, 3.63) is 62.7 Å². The number of rotatable bonds is 6. The van der Waals surface area contributed by atoms with Crippen LogP contribution in [0, 0.1) is 20.2 Å². The quantitative estimate of drug-likeness (QED) is 0.583. The third-order valence-electron chi connectivity index (χ3n) is 3.16. The zero-order valence-corrected chi connectivity index (χ0v) is 15.5. The summed E-state index contributed by atoms with van der Waals surface area (Å²) in [6.45, 7) is 4.89. The van der Waals surface area contributed by atoms with Gasteiger partial charge in [0.25, 0.3) is 0 Å². The van der Waals surface area contributed by atoms with Crippen LogP contribution in [-0.4, -0.2) is 23.8 Å². The summed E-state index contributed by atoms with van der Waals surface area (Å²) in [7, 11) is -4.00. The molecular weight excluding hydrogens is 378 g/mol. The molecule has 11 heteroatoms. The first-order valence-electron chi connectivity index (χ1n) is 7.64. The van der Waals surface area contributed by atoms with Gasteiger partial charge in [-0.25, -0.2) is 13.1 Å². The zero-order chi connectivity index (χ0) is 20.4. The monoisotopic (exact) mass is 395 g/mol. The van der Waals surface area contributed by atoms with Crippen molar-refractivity contribution >= 4 is 21.4 Å². The molecule has 0 radical (unpaired) electrons. The summed E-state index contributed by atoms with van der Waals surface area (Å²) in [5, 5.41) is 22.4. The topological polar surface area (TPSA) is 142 Å². The molecule has 0 saturated heterocycles. The molecule has 0 aliphatic carbocycles. The van der Waals surface area contributed by atoms with Gasteiger partial charge in [-0.15, -0.1) is 0 Å². The lowest BCUT2D eigenvalue weighted by Crippen LogP contribution is -2.40. The lowest BCUT2D eigenvalue weighted by atomic mass is 10.1. The minimum atomic E-state index is -4.00. The number of nitrogens with one attached hydrogen (secondary N) is 1. The van der Waals surface area contributed by atoms with E-state index in [-0.39, 0.29) is 22.1 Å². The lowest BCUT2D eigenvalue weighted by Gasteiger charge is -2.20. The summed E-state index contributed by atoms with van der Waals surface area (Å²) in [4.78, 5) is 20.6. The maximum atomic E-state index is 12.4. The van der Waals surface area contributed by atoms with E-state index in [9.17, 15) is 28.6 Å². The molecule has 0 aliphatic heterocycles. The maximum absolute atomic E-state index is 12.4. The van der Waals surface area contributed by atoms with Gasteiger partial charge in [-0.1, -0.05) is 12.1 Å². The number of benzene rings is 2. The molecule has 0 aliphatic rings. The Morgan fingerprint density at radius 3 is 2.04 bits per heavy atom. The molecule has 27 heavy (non-hydrogen) atoms. The summed E-state index contributed by atoms with van der Waals surface area (Å²) in [5.41, 5.74) is -1.80. The predicted octanol–water partition coefficient (Wildman–Crippen LogP) is 3.37. The van der Waals surface area contributed by atoms with Gasteiger partial charge in [0, 0.05) is 17.7 Å². The van der Waals surface area contributed by atoms with E-state index in [1.165, 1.54) is 24.3 Å². The van der Waals surface area contributed by atoms with Crippen molar-refractivity contribution in [1.82, 2.24) is 4.72 Å². The molecule has 10 nitrogen and oxygen atoms in total. The molecule has 2 rings (SSSR count). The molecule has 2 aromatic rings. The largest absolute Gasteiger partial charge is 0.443 e. The number of para-hydroxylation sites is 2. The number of sulfonamides is 1. The standard InChI is InChI=1S/C16H17N3O7S/c1-16(2,3)17-27(24,25)11-8-9-15(13(10-11)19(22)23)26-14-7-5-4-6-12(14)18(20)21/h4-10,17H,1-3H3. The minimum Gasteiger partial charge on any atom is -0.443 e. The molecule has 0 atom stereocenters. The molecule has 0 spiro atoms. The molecule has 0 saturated carbocycles. The summed E-state index contributed by atoms with van der Waals surface area (Å²) < 4.78 is 32.5. The number of ether oxygens (including phenoxy) is 1. The van der Waals surface area contributed by atoms with Crippen LogP contribution in [0.2, 0.25) is 0 Å². The minimum absolute atomic E-state index is 0.200. The van der Waals surface area contributed by atoms with E-state index < -0.39 is 31.1 Å². The Morgan fingerprint density at radius 2 is 1.48 bits per heavy atom. The first kappa shape index (κ1) is 20.3. The van der Waals surface area contributed by atoms with Gasteiger partial charge in [-0.2, -0.15) is 0 Å². The third-order valence-corrected chi connectivity index (χ3v) is 4.92. The summed E-state index contributed by atoms with van der Waals surface area (Å²) >= 11 is 0. The van der Waals surface area contributed by atoms with Gasteiger partial charge in [-0.05, 0) is 39.0 Å². The second kappa shape index (κ2) is 7.29. The SMILES string of the molecule is CC(C)(C)NS(=O)(=O)c1ccc(Oc2ccccc2[N+](=O)[O-])c([N+](=O)[O-])c1. The molecule has 0 unspecified atom stereocenters. The Kier molecular flexibility index (Phi) is 5.47. The molecule has 0 bridgehead atoms. The van der Waals surface area contributed by atoms with Gasteiger partial charge in [0.05, 0.1) is 14.7 Å². The molecular formula is C16H17N3O7S. The van der Waals surface area contributed by atoms with Gasteiger partial charge in [0.15, 0.2) is 0 Å². The second-order valence-electron chi connectivity index (χ2n) is 6.57.